The van der Waals surface area contributed by atoms with Gasteiger partial charge in [-0.25, -0.2) is 0 Å². The summed E-state index contributed by atoms with van der Waals surface area (Å²) in [5.74, 6) is 0.814. The average Bonchev–Trinajstić information content (AvgIpc) is 2.47. The maximum Gasteiger partial charge on any atom is 0.189 e. The molecule has 0 heterocycles. The highest BCUT2D eigenvalue weighted by molar-refractivity contribution is 5.27. The van der Waals surface area contributed by atoms with Crippen LogP contribution in [0.5, 0.6) is 5.75 Å². The van der Waals surface area contributed by atoms with Crippen LogP contribution in [0.1, 0.15) is 11.1 Å². The Morgan fingerprint density at radius 2 is 1.58 bits per heavy atom. The quantitative estimate of drug-likeness (QED) is 0.612. The second-order valence-corrected chi connectivity index (χ2v) is 4.28. The van der Waals surface area contributed by atoms with E-state index in [0.29, 0.717) is 13.2 Å². The fraction of sp³-hybridized carbons (Fsp3) is 0.250. The summed E-state index contributed by atoms with van der Waals surface area (Å²) in [4.78, 5) is 0. The summed E-state index contributed by atoms with van der Waals surface area (Å²) in [6.07, 6.45) is 0.894. The van der Waals surface area contributed by atoms with E-state index in [-0.39, 0.29) is 6.79 Å². The first-order chi connectivity index (χ1) is 9.38. The molecule has 0 aliphatic rings. The molecule has 0 atom stereocenters. The largest absolute Gasteiger partial charge is 0.468 e. The topological polar surface area (TPSA) is 44.5 Å². The highest BCUT2D eigenvalue weighted by atomic mass is 16.7. The number of benzene rings is 2. The van der Waals surface area contributed by atoms with E-state index in [1.807, 2.05) is 54.6 Å². The Morgan fingerprint density at radius 1 is 0.842 bits per heavy atom. The number of ether oxygens (including phenoxy) is 2. The molecule has 0 spiro atoms. The molecule has 100 valence electrons. The van der Waals surface area contributed by atoms with Crippen molar-refractivity contribution in [3.63, 3.8) is 0 Å². The first-order valence-electron chi connectivity index (χ1n) is 6.42. The van der Waals surface area contributed by atoms with Crippen molar-refractivity contribution in [1.29, 1.82) is 0 Å². The molecule has 0 fully saturated rings. The van der Waals surface area contributed by atoms with Gasteiger partial charge in [0.2, 0.25) is 0 Å². The Kier molecular flexibility index (Phi) is 5.41. The average molecular weight is 257 g/mol. The maximum atomic E-state index is 5.51. The van der Waals surface area contributed by atoms with E-state index in [1.165, 1.54) is 5.56 Å². The van der Waals surface area contributed by atoms with Crippen LogP contribution in [0.25, 0.3) is 0 Å². The predicted molar refractivity (Wildman–Crippen MR) is 75.9 cm³/mol. The molecule has 0 saturated heterocycles. The van der Waals surface area contributed by atoms with E-state index in [1.54, 1.807) is 0 Å². The lowest BCUT2D eigenvalue weighted by Crippen LogP contribution is -2.04. The first-order valence-corrected chi connectivity index (χ1v) is 6.42. The van der Waals surface area contributed by atoms with Gasteiger partial charge >= 0.3 is 0 Å². The lowest BCUT2D eigenvalue weighted by Gasteiger charge is -2.08. The lowest BCUT2D eigenvalue weighted by molar-refractivity contribution is 0.00504. The molecular formula is C16H19NO2. The number of nitrogens with two attached hydrogens (primary N) is 1. The standard InChI is InChI=1S/C16H19NO2/c17-11-10-14-6-8-16(9-7-14)19-13-18-12-15-4-2-1-3-5-15/h1-9H,10-13,17H2. The second kappa shape index (κ2) is 7.56. The van der Waals surface area contributed by atoms with Gasteiger partial charge in [-0.1, -0.05) is 42.5 Å². The van der Waals surface area contributed by atoms with Crippen molar-refractivity contribution in [2.24, 2.45) is 5.73 Å². The van der Waals surface area contributed by atoms with E-state index < -0.39 is 0 Å². The van der Waals surface area contributed by atoms with Crippen LogP contribution < -0.4 is 10.5 Å². The van der Waals surface area contributed by atoms with Crippen molar-refractivity contribution in [2.75, 3.05) is 13.3 Å². The minimum absolute atomic E-state index is 0.255. The Labute approximate surface area is 114 Å². The second-order valence-electron chi connectivity index (χ2n) is 4.28. The molecular weight excluding hydrogens is 238 g/mol. The minimum atomic E-state index is 0.255. The maximum absolute atomic E-state index is 5.51. The van der Waals surface area contributed by atoms with Crippen LogP contribution in [0.4, 0.5) is 0 Å². The summed E-state index contributed by atoms with van der Waals surface area (Å²) in [6.45, 7) is 1.48. The third-order valence-corrected chi connectivity index (χ3v) is 2.78. The summed E-state index contributed by atoms with van der Waals surface area (Å²) in [6, 6.07) is 18.0. The van der Waals surface area contributed by atoms with Gasteiger partial charge in [0.1, 0.15) is 5.75 Å². The Hall–Kier alpha value is -1.84. The van der Waals surface area contributed by atoms with Gasteiger partial charge in [0.05, 0.1) is 6.61 Å². The molecule has 2 rings (SSSR count). The van der Waals surface area contributed by atoms with Crippen molar-refractivity contribution in [1.82, 2.24) is 0 Å². The summed E-state index contributed by atoms with van der Waals surface area (Å²) in [5.41, 5.74) is 7.87. The van der Waals surface area contributed by atoms with Crippen molar-refractivity contribution < 1.29 is 9.47 Å². The minimum Gasteiger partial charge on any atom is -0.468 e. The van der Waals surface area contributed by atoms with Gasteiger partial charge in [-0.3, -0.25) is 0 Å². The molecule has 2 aromatic rings. The van der Waals surface area contributed by atoms with Gasteiger partial charge in [-0.15, -0.1) is 0 Å². The number of hydrogen-bond acceptors (Lipinski definition) is 3. The SMILES string of the molecule is NCCc1ccc(OCOCc2ccccc2)cc1. The monoisotopic (exact) mass is 257 g/mol. The van der Waals surface area contributed by atoms with Crippen LogP contribution in [-0.2, 0) is 17.8 Å². The molecule has 0 aliphatic carbocycles. The van der Waals surface area contributed by atoms with E-state index in [0.717, 1.165) is 17.7 Å². The molecule has 0 aromatic heterocycles. The van der Waals surface area contributed by atoms with Gasteiger partial charge in [-0.2, -0.15) is 0 Å². The molecule has 0 radical (unpaired) electrons. The van der Waals surface area contributed by atoms with Gasteiger partial charge in [0.15, 0.2) is 6.79 Å². The molecule has 0 saturated carbocycles. The van der Waals surface area contributed by atoms with Gasteiger partial charge in [0.25, 0.3) is 0 Å². The normalized spacial score (nSPS) is 10.4. The molecule has 19 heavy (non-hydrogen) atoms. The fourth-order valence-corrected chi connectivity index (χ4v) is 1.76. The first kappa shape index (κ1) is 13.6. The zero-order valence-corrected chi connectivity index (χ0v) is 10.9. The van der Waals surface area contributed by atoms with Crippen LogP contribution >= 0.6 is 0 Å². The highest BCUT2D eigenvalue weighted by Gasteiger charge is 1.96. The summed E-state index contributed by atoms with van der Waals surface area (Å²) < 4.78 is 11.0. The third-order valence-electron chi connectivity index (χ3n) is 2.78. The summed E-state index contributed by atoms with van der Waals surface area (Å²) in [5, 5.41) is 0. The molecule has 0 amide bonds. The van der Waals surface area contributed by atoms with E-state index in [2.05, 4.69) is 0 Å². The summed E-state index contributed by atoms with van der Waals surface area (Å²) >= 11 is 0. The van der Waals surface area contributed by atoms with Crippen LogP contribution in [0.2, 0.25) is 0 Å². The van der Waals surface area contributed by atoms with Gasteiger partial charge < -0.3 is 15.2 Å². The smallest absolute Gasteiger partial charge is 0.189 e. The van der Waals surface area contributed by atoms with Gasteiger partial charge in [0, 0.05) is 0 Å². The highest BCUT2D eigenvalue weighted by Crippen LogP contribution is 2.12. The van der Waals surface area contributed by atoms with E-state index in [9.17, 15) is 0 Å². The predicted octanol–water partition coefficient (Wildman–Crippen LogP) is 2.74. The van der Waals surface area contributed by atoms with Crippen LogP contribution in [0.15, 0.2) is 54.6 Å². The summed E-state index contributed by atoms with van der Waals surface area (Å²) in [7, 11) is 0. The van der Waals surface area contributed by atoms with Crippen molar-refractivity contribution in [2.45, 2.75) is 13.0 Å². The van der Waals surface area contributed by atoms with Crippen molar-refractivity contribution in [3.05, 3.63) is 65.7 Å². The zero-order valence-electron chi connectivity index (χ0n) is 10.9. The Bertz CT molecular complexity index is 468. The van der Waals surface area contributed by atoms with E-state index in [4.69, 9.17) is 15.2 Å². The van der Waals surface area contributed by atoms with Gasteiger partial charge in [-0.05, 0) is 36.2 Å². The molecule has 0 aliphatic heterocycles. The number of rotatable bonds is 7. The van der Waals surface area contributed by atoms with E-state index >= 15 is 0 Å². The molecule has 2 aromatic carbocycles. The van der Waals surface area contributed by atoms with Crippen molar-refractivity contribution >= 4 is 0 Å². The third kappa shape index (κ3) is 4.73. The Morgan fingerprint density at radius 3 is 2.26 bits per heavy atom. The fourth-order valence-electron chi connectivity index (χ4n) is 1.76. The molecule has 0 bridgehead atoms. The van der Waals surface area contributed by atoms with Crippen LogP contribution in [0.3, 0.4) is 0 Å². The van der Waals surface area contributed by atoms with Crippen LogP contribution in [-0.4, -0.2) is 13.3 Å². The molecule has 3 heteroatoms. The zero-order chi connectivity index (χ0) is 13.3. The van der Waals surface area contributed by atoms with Crippen LogP contribution in [0, 0.1) is 0 Å². The Balaban J connectivity index is 1.70. The molecule has 2 N–H and O–H groups in total. The molecule has 3 nitrogen and oxygen atoms in total. The number of hydrogen-bond donors (Lipinski definition) is 1. The van der Waals surface area contributed by atoms with Crippen molar-refractivity contribution in [3.8, 4) is 5.75 Å². The lowest BCUT2D eigenvalue weighted by atomic mass is 10.1. The molecule has 0 unspecified atom stereocenters.